The van der Waals surface area contributed by atoms with Crippen molar-refractivity contribution in [3.05, 3.63) is 72.8 Å². The summed E-state index contributed by atoms with van der Waals surface area (Å²) in [5.41, 5.74) is -3.31. The molecule has 0 amide bonds. The molecule has 1 aliphatic heterocycles. The number of aliphatic hydroxyl groups is 1. The maximum Gasteiger partial charge on any atom is 0.347 e. The van der Waals surface area contributed by atoms with Crippen molar-refractivity contribution in [2.45, 2.75) is 254 Å². The number of carbonyl (C=O) groups excluding carboxylic acids is 6. The third-order valence-electron chi connectivity index (χ3n) is 24.7. The third kappa shape index (κ3) is 14.5. The van der Waals surface area contributed by atoms with Gasteiger partial charge in [0, 0.05) is 58.1 Å². The molecule has 94 heavy (non-hydrogen) atoms. The minimum absolute atomic E-state index is 0.0364. The molecule has 2 heterocycles. The fraction of sp³-hybridized carbons (Fsp3) is 0.684. The van der Waals surface area contributed by atoms with E-state index in [4.69, 9.17) is 23.7 Å². The molecule has 5 unspecified atom stereocenters. The Bertz CT molecular complexity index is 3340. The summed E-state index contributed by atoms with van der Waals surface area (Å²) >= 11 is 0. The van der Waals surface area contributed by atoms with E-state index in [9.17, 15) is 43.8 Å². The van der Waals surface area contributed by atoms with Crippen LogP contribution in [0.25, 0.3) is 25.1 Å². The predicted molar refractivity (Wildman–Crippen MR) is 366 cm³/mol. The number of fused-ring (bicyclic) bond motifs is 3. The highest BCUT2D eigenvalue weighted by Crippen LogP contribution is 2.63. The quantitative estimate of drug-likeness (QED) is 0.0492. The number of cyclic esters (lactones) is 1. The Balaban J connectivity index is 0.000000131. The van der Waals surface area contributed by atoms with Crippen molar-refractivity contribution in [2.24, 2.45) is 80.3 Å². The highest BCUT2D eigenvalue weighted by atomic mass is 32.2. The zero-order valence-electron chi connectivity index (χ0n) is 58.7. The maximum absolute atomic E-state index is 12.6. The lowest BCUT2D eigenvalue weighted by Crippen LogP contribution is -2.61. The van der Waals surface area contributed by atoms with Gasteiger partial charge in [0.2, 0.25) is 6.10 Å². The molecule has 5 atom stereocenters. The van der Waals surface area contributed by atoms with E-state index in [1.54, 1.807) is 13.8 Å². The van der Waals surface area contributed by atoms with E-state index in [1.165, 1.54) is 63.6 Å². The minimum Gasteiger partial charge on any atom is -0.481 e. The molecule has 1 aromatic heterocycles. The standard InChI is InChI=1S/C24H23O2S.C18H30O2.C16H26O3.C11H14O3.C10H16O4/c1-4-24(2,3)23(25)26-17-13-15-18(16-14-17)27-21-11-7-5-9-19(21)20-10-6-8-12-22(20)27;1-5-17(3,4)16(19)20-18(6-2)14-8-12-7-13(10-14)11-15(18)9-12;1-4-14(2,3)13(17)19-16-8-11-5-12(9-16)7-15(18,6-11)10-16;12-9-7-1-6-2-8(9)5-11(3-6,4-7)10(13)14;1-4-10(2,3)9(12)14-7-5-6-13-8(7)11/h5-16H,4H2,1-3H3;12-15H,5-11H2,1-4H3;11-12,18H,4-10H2,1-3H3;6-8H,1-5H2,(H,13,14);7H,4-6H2,1-3H3/q+1;;;;. The van der Waals surface area contributed by atoms with Crippen LogP contribution in [0.5, 0.6) is 5.75 Å². The SMILES string of the molecule is CCC(C)(C)C(=O)OC1(CC)C2CC3CC(C2)CC1C3.CCC(C)(C)C(=O)OC12CC3CC(CC(O)(C3)C1)C2.CCC(C)(C)C(=O)OC1CCOC1=O.CCC(C)(C)C(=O)Oc1ccc(-[s+]2c3ccccc3c3ccccc32)cc1.O=C1C2CC3CC1CC(C(=O)O)(C3)C2. The lowest BCUT2D eigenvalue weighted by Gasteiger charge is -2.60. The van der Waals surface area contributed by atoms with Gasteiger partial charge in [0.05, 0.1) is 39.3 Å². The van der Waals surface area contributed by atoms with Gasteiger partial charge in [-0.05, 0) is 262 Å². The molecule has 15 heteroatoms. The first-order valence-electron chi connectivity index (χ1n) is 35.8. The van der Waals surface area contributed by atoms with Gasteiger partial charge in [-0.1, -0.05) is 58.9 Å². The van der Waals surface area contributed by atoms with Gasteiger partial charge in [-0.2, -0.15) is 0 Å². The van der Waals surface area contributed by atoms with Crippen LogP contribution in [-0.2, 0) is 52.5 Å². The Morgan fingerprint density at radius 1 is 0.543 bits per heavy atom. The topological polar surface area (TPSA) is 206 Å². The Morgan fingerprint density at radius 2 is 1.01 bits per heavy atom. The molecule has 12 aliphatic carbocycles. The molecule has 17 rings (SSSR count). The van der Waals surface area contributed by atoms with Gasteiger partial charge in [0.25, 0.3) is 0 Å². The van der Waals surface area contributed by atoms with Crippen molar-refractivity contribution in [3.63, 3.8) is 0 Å². The molecule has 14 nitrogen and oxygen atoms in total. The monoisotopic (exact) mass is 1310 g/mol. The van der Waals surface area contributed by atoms with Gasteiger partial charge >= 0.3 is 35.8 Å². The highest BCUT2D eigenvalue weighted by molar-refractivity contribution is 7.50. The number of carboxylic acids is 1. The fourth-order valence-electron chi connectivity index (χ4n) is 18.1. The van der Waals surface area contributed by atoms with Crippen molar-refractivity contribution in [3.8, 4) is 10.6 Å². The Morgan fingerprint density at radius 3 is 1.47 bits per heavy atom. The van der Waals surface area contributed by atoms with Crippen molar-refractivity contribution in [1.82, 2.24) is 0 Å². The average Bonchev–Trinajstić information content (AvgIpc) is 1.04. The molecular weight excluding hydrogens is 1200 g/mol. The van der Waals surface area contributed by atoms with E-state index >= 15 is 0 Å². The third-order valence-corrected chi connectivity index (χ3v) is 27.1. The number of Topliss-reactive ketones (excluding diaryl/α,β-unsaturated/α-hetero) is 1. The number of hydrogen-bond acceptors (Lipinski definition) is 13. The van der Waals surface area contributed by atoms with Crippen LogP contribution < -0.4 is 4.74 Å². The number of benzene rings is 3. The molecule has 4 aromatic rings. The number of hydrogen-bond donors (Lipinski definition) is 2. The van der Waals surface area contributed by atoms with Crippen LogP contribution in [-0.4, -0.2) is 81.3 Å². The molecule has 12 bridgehead atoms. The molecule has 13 fully saturated rings. The van der Waals surface area contributed by atoms with Gasteiger partial charge < -0.3 is 33.9 Å². The first-order chi connectivity index (χ1) is 44.3. The molecular formula is C79H109O14S+. The van der Waals surface area contributed by atoms with Crippen LogP contribution in [0, 0.1) is 80.3 Å². The van der Waals surface area contributed by atoms with E-state index in [-0.39, 0.29) is 62.8 Å². The zero-order chi connectivity index (χ0) is 68.1. The second kappa shape index (κ2) is 27.3. The average molecular weight is 1310 g/mol. The van der Waals surface area contributed by atoms with Crippen molar-refractivity contribution >= 4 is 72.2 Å². The van der Waals surface area contributed by atoms with Crippen LogP contribution in [0.2, 0.25) is 0 Å². The van der Waals surface area contributed by atoms with E-state index in [0.29, 0.717) is 79.8 Å². The highest BCUT2D eigenvalue weighted by Gasteiger charge is 2.62. The smallest absolute Gasteiger partial charge is 0.347 e. The van der Waals surface area contributed by atoms with Crippen LogP contribution in [0.1, 0.15) is 231 Å². The number of carboxylic acid groups (broad SMARTS) is 1. The van der Waals surface area contributed by atoms with Crippen LogP contribution in [0.3, 0.4) is 0 Å². The number of esters is 5. The minimum atomic E-state index is -0.687. The van der Waals surface area contributed by atoms with Crippen LogP contribution in [0.15, 0.2) is 72.8 Å². The Labute approximate surface area is 561 Å². The second-order valence-corrected chi connectivity index (χ2v) is 35.0. The molecule has 12 saturated carbocycles. The first kappa shape index (κ1) is 71.1. The molecule has 2 N–H and O–H groups in total. The van der Waals surface area contributed by atoms with E-state index < -0.39 is 45.3 Å². The number of carbonyl (C=O) groups is 7. The van der Waals surface area contributed by atoms with Gasteiger partial charge in [-0.25, -0.2) is 4.79 Å². The largest absolute Gasteiger partial charge is 0.481 e. The summed E-state index contributed by atoms with van der Waals surface area (Å²) in [6.45, 7) is 26.0. The summed E-state index contributed by atoms with van der Waals surface area (Å²) in [7, 11) is -0.121. The lowest BCUT2D eigenvalue weighted by atomic mass is 9.49. The summed E-state index contributed by atoms with van der Waals surface area (Å²) < 4.78 is 30.3. The van der Waals surface area contributed by atoms with E-state index in [1.807, 2.05) is 74.4 Å². The molecule has 3 aromatic carbocycles. The van der Waals surface area contributed by atoms with Gasteiger partial charge in [0.1, 0.15) is 22.7 Å². The number of ketones is 1. The summed E-state index contributed by atoms with van der Waals surface area (Å²) in [5, 5.41) is 22.5. The Hall–Kier alpha value is -5.67. The second-order valence-electron chi connectivity index (χ2n) is 33.1. The fourth-order valence-corrected chi connectivity index (χ4v) is 20.5. The van der Waals surface area contributed by atoms with Gasteiger partial charge in [0.15, 0.2) is 14.3 Å². The number of ether oxygens (including phenoxy) is 5. The molecule has 1 saturated heterocycles. The normalized spacial score (nSPS) is 32.1. The molecule has 0 spiro atoms. The van der Waals surface area contributed by atoms with Crippen LogP contribution >= 0.6 is 10.5 Å². The van der Waals surface area contributed by atoms with E-state index in [0.717, 1.165) is 82.5 Å². The van der Waals surface area contributed by atoms with Crippen molar-refractivity contribution < 1.29 is 67.5 Å². The lowest BCUT2D eigenvalue weighted by molar-refractivity contribution is -0.225. The zero-order valence-corrected chi connectivity index (χ0v) is 59.5. The number of thiophene rings is 1. The molecule has 13 aliphatic rings. The van der Waals surface area contributed by atoms with Crippen molar-refractivity contribution in [2.75, 3.05) is 6.61 Å². The van der Waals surface area contributed by atoms with E-state index in [2.05, 4.69) is 74.5 Å². The van der Waals surface area contributed by atoms with Crippen molar-refractivity contribution in [1.29, 1.82) is 0 Å². The first-order valence-corrected chi connectivity index (χ1v) is 37.1. The summed E-state index contributed by atoms with van der Waals surface area (Å²) in [4.78, 5) is 84.1. The van der Waals surface area contributed by atoms with Gasteiger partial charge in [-0.15, -0.1) is 0 Å². The number of rotatable bonds is 15. The van der Waals surface area contributed by atoms with Gasteiger partial charge in [-0.3, -0.25) is 28.8 Å². The van der Waals surface area contributed by atoms with Crippen LogP contribution in [0.4, 0.5) is 0 Å². The maximum atomic E-state index is 12.6. The molecule has 0 radical (unpaired) electrons. The summed E-state index contributed by atoms with van der Waals surface area (Å²) in [5.74, 6) is 4.24. The summed E-state index contributed by atoms with van der Waals surface area (Å²) in [6, 6.07) is 25.2. The predicted octanol–water partition coefficient (Wildman–Crippen LogP) is 17.4. The summed E-state index contributed by atoms with van der Waals surface area (Å²) in [6.07, 6.45) is 20.2. The molecule has 514 valence electrons. The Kier molecular flexibility index (Phi) is 20.7. The number of aliphatic carboxylic acids is 1.